The summed E-state index contributed by atoms with van der Waals surface area (Å²) in [5.41, 5.74) is 5.52. The molecule has 0 aromatic rings. The number of carbonyl (C=O) groups is 1. The van der Waals surface area contributed by atoms with Gasteiger partial charge in [-0.1, -0.05) is 0 Å². The molecule has 1 atom stereocenters. The second-order valence-electron chi connectivity index (χ2n) is 5.17. The summed E-state index contributed by atoms with van der Waals surface area (Å²) in [6, 6.07) is 0.320. The van der Waals surface area contributed by atoms with E-state index in [9.17, 15) is 4.79 Å². The van der Waals surface area contributed by atoms with E-state index >= 15 is 0 Å². The third-order valence-corrected chi connectivity index (χ3v) is 4.01. The lowest BCUT2D eigenvalue weighted by Crippen LogP contribution is -2.60. The number of likely N-dealkylation sites (tertiary alicyclic amines) is 1. The van der Waals surface area contributed by atoms with Gasteiger partial charge in [0.05, 0.1) is 5.54 Å². The molecule has 1 aliphatic heterocycles. The van der Waals surface area contributed by atoms with Crippen LogP contribution in [0.1, 0.15) is 44.9 Å². The fourth-order valence-corrected chi connectivity index (χ4v) is 2.79. The monoisotopic (exact) mass is 226 g/mol. The summed E-state index contributed by atoms with van der Waals surface area (Å²) in [5.74, 6) is 0.152. The molecule has 0 bridgehead atoms. The van der Waals surface area contributed by atoms with Crippen molar-refractivity contribution in [3.63, 3.8) is 0 Å². The van der Waals surface area contributed by atoms with Crippen LogP contribution in [0.25, 0.3) is 0 Å². The summed E-state index contributed by atoms with van der Waals surface area (Å²) in [7, 11) is 0. The van der Waals surface area contributed by atoms with Gasteiger partial charge in [0.25, 0.3) is 0 Å². The molecule has 0 aromatic heterocycles. The first-order chi connectivity index (χ1) is 7.67. The van der Waals surface area contributed by atoms with E-state index in [1.54, 1.807) is 0 Å². The van der Waals surface area contributed by atoms with E-state index in [-0.39, 0.29) is 12.5 Å². The van der Waals surface area contributed by atoms with E-state index in [1.165, 1.54) is 0 Å². The van der Waals surface area contributed by atoms with Crippen molar-refractivity contribution in [2.75, 3.05) is 13.2 Å². The molecule has 1 amide bonds. The van der Waals surface area contributed by atoms with E-state index in [0.29, 0.717) is 6.04 Å². The SMILES string of the molecule is NC1(C(=O)N2CCCC2CCCO)CCC1. The van der Waals surface area contributed by atoms with Crippen LogP contribution in [-0.2, 0) is 4.79 Å². The van der Waals surface area contributed by atoms with Crippen LogP contribution in [0.2, 0.25) is 0 Å². The largest absolute Gasteiger partial charge is 0.396 e. The fourth-order valence-electron chi connectivity index (χ4n) is 2.79. The summed E-state index contributed by atoms with van der Waals surface area (Å²) >= 11 is 0. The Kier molecular flexibility index (Phi) is 3.50. The molecule has 0 aromatic carbocycles. The second kappa shape index (κ2) is 4.72. The molecule has 4 heteroatoms. The van der Waals surface area contributed by atoms with Gasteiger partial charge in [-0.05, 0) is 44.9 Å². The van der Waals surface area contributed by atoms with E-state index in [4.69, 9.17) is 10.8 Å². The van der Waals surface area contributed by atoms with Crippen molar-refractivity contribution in [3.8, 4) is 0 Å². The van der Waals surface area contributed by atoms with Crippen LogP contribution in [0.4, 0.5) is 0 Å². The minimum absolute atomic E-state index is 0.152. The number of hydrogen-bond donors (Lipinski definition) is 2. The summed E-state index contributed by atoms with van der Waals surface area (Å²) in [5, 5.41) is 8.84. The molecule has 2 rings (SSSR count). The molecule has 1 unspecified atom stereocenters. The second-order valence-corrected chi connectivity index (χ2v) is 5.17. The number of nitrogens with zero attached hydrogens (tertiary/aromatic N) is 1. The van der Waals surface area contributed by atoms with Gasteiger partial charge in [-0.15, -0.1) is 0 Å². The number of rotatable bonds is 4. The normalized spacial score (nSPS) is 27.9. The number of amides is 1. The highest BCUT2D eigenvalue weighted by molar-refractivity contribution is 5.87. The van der Waals surface area contributed by atoms with Crippen molar-refractivity contribution in [1.29, 1.82) is 0 Å². The van der Waals surface area contributed by atoms with Crippen LogP contribution >= 0.6 is 0 Å². The third-order valence-electron chi connectivity index (χ3n) is 4.01. The summed E-state index contributed by atoms with van der Waals surface area (Å²) in [6.45, 7) is 1.07. The lowest BCUT2D eigenvalue weighted by Gasteiger charge is -2.41. The van der Waals surface area contributed by atoms with Crippen LogP contribution < -0.4 is 5.73 Å². The molecule has 1 heterocycles. The standard InChI is InChI=1S/C12H22N2O2/c13-12(6-3-7-12)11(16)14-8-1-4-10(14)5-2-9-15/h10,15H,1-9,13H2. The highest BCUT2D eigenvalue weighted by atomic mass is 16.3. The quantitative estimate of drug-likeness (QED) is 0.739. The average molecular weight is 226 g/mol. The van der Waals surface area contributed by atoms with Gasteiger partial charge in [-0.3, -0.25) is 4.79 Å². The van der Waals surface area contributed by atoms with Gasteiger partial charge in [0.1, 0.15) is 0 Å². The van der Waals surface area contributed by atoms with Gasteiger partial charge in [0.2, 0.25) is 5.91 Å². The molecule has 92 valence electrons. The molecule has 0 radical (unpaired) electrons. The Morgan fingerprint density at radius 2 is 2.19 bits per heavy atom. The van der Waals surface area contributed by atoms with E-state index in [0.717, 1.165) is 51.5 Å². The van der Waals surface area contributed by atoms with E-state index < -0.39 is 5.54 Å². The molecule has 1 aliphatic carbocycles. The maximum Gasteiger partial charge on any atom is 0.242 e. The first-order valence-electron chi connectivity index (χ1n) is 6.38. The third kappa shape index (κ3) is 2.09. The van der Waals surface area contributed by atoms with Crippen molar-refractivity contribution in [2.24, 2.45) is 5.73 Å². The van der Waals surface area contributed by atoms with Gasteiger partial charge in [-0.25, -0.2) is 0 Å². The lowest BCUT2D eigenvalue weighted by atomic mass is 9.76. The number of aliphatic hydroxyl groups excluding tert-OH is 1. The Labute approximate surface area is 96.8 Å². The molecule has 1 saturated carbocycles. The highest BCUT2D eigenvalue weighted by Gasteiger charge is 2.45. The fraction of sp³-hybridized carbons (Fsp3) is 0.917. The maximum absolute atomic E-state index is 12.3. The van der Waals surface area contributed by atoms with Gasteiger partial charge in [-0.2, -0.15) is 0 Å². The lowest BCUT2D eigenvalue weighted by molar-refractivity contribution is -0.141. The Morgan fingerprint density at radius 3 is 2.75 bits per heavy atom. The minimum Gasteiger partial charge on any atom is -0.396 e. The topological polar surface area (TPSA) is 66.6 Å². The van der Waals surface area contributed by atoms with E-state index in [1.807, 2.05) is 4.90 Å². The summed E-state index contributed by atoms with van der Waals surface area (Å²) < 4.78 is 0. The van der Waals surface area contributed by atoms with Crippen LogP contribution in [-0.4, -0.2) is 40.6 Å². The minimum atomic E-state index is -0.554. The Hall–Kier alpha value is -0.610. The molecule has 0 spiro atoms. The van der Waals surface area contributed by atoms with Gasteiger partial charge in [0, 0.05) is 19.2 Å². The zero-order valence-electron chi connectivity index (χ0n) is 9.82. The van der Waals surface area contributed by atoms with Crippen molar-refractivity contribution in [3.05, 3.63) is 0 Å². The average Bonchev–Trinajstić information content (AvgIpc) is 2.70. The first-order valence-corrected chi connectivity index (χ1v) is 6.38. The van der Waals surface area contributed by atoms with Crippen LogP contribution in [0.3, 0.4) is 0 Å². The van der Waals surface area contributed by atoms with Crippen molar-refractivity contribution in [1.82, 2.24) is 4.90 Å². The summed E-state index contributed by atoms with van der Waals surface area (Å²) in [6.07, 6.45) is 6.62. The Balaban J connectivity index is 1.94. The summed E-state index contributed by atoms with van der Waals surface area (Å²) in [4.78, 5) is 14.2. The smallest absolute Gasteiger partial charge is 0.242 e. The Morgan fingerprint density at radius 1 is 1.44 bits per heavy atom. The van der Waals surface area contributed by atoms with Crippen LogP contribution in [0.5, 0.6) is 0 Å². The van der Waals surface area contributed by atoms with Crippen LogP contribution in [0.15, 0.2) is 0 Å². The predicted octanol–water partition coefficient (Wildman–Crippen LogP) is 0.631. The van der Waals surface area contributed by atoms with Gasteiger partial charge >= 0.3 is 0 Å². The molecule has 4 nitrogen and oxygen atoms in total. The highest BCUT2D eigenvalue weighted by Crippen LogP contribution is 2.34. The van der Waals surface area contributed by atoms with Crippen LogP contribution in [0, 0.1) is 0 Å². The number of aliphatic hydroxyl groups is 1. The number of hydrogen-bond acceptors (Lipinski definition) is 3. The number of nitrogens with two attached hydrogens (primary N) is 1. The molecule has 1 saturated heterocycles. The van der Waals surface area contributed by atoms with E-state index in [2.05, 4.69) is 0 Å². The Bertz CT molecular complexity index is 264. The predicted molar refractivity (Wildman–Crippen MR) is 61.8 cm³/mol. The maximum atomic E-state index is 12.3. The molecule has 2 aliphatic rings. The van der Waals surface area contributed by atoms with Gasteiger partial charge in [0.15, 0.2) is 0 Å². The van der Waals surface area contributed by atoms with Crippen molar-refractivity contribution in [2.45, 2.75) is 56.5 Å². The molecular formula is C12H22N2O2. The van der Waals surface area contributed by atoms with Crippen molar-refractivity contribution >= 4 is 5.91 Å². The molecule has 3 N–H and O–H groups in total. The molecular weight excluding hydrogens is 204 g/mol. The van der Waals surface area contributed by atoms with Gasteiger partial charge < -0.3 is 15.7 Å². The first kappa shape index (κ1) is 11.9. The number of carbonyl (C=O) groups excluding carboxylic acids is 1. The zero-order valence-corrected chi connectivity index (χ0v) is 9.82. The zero-order chi connectivity index (χ0) is 11.6. The molecule has 16 heavy (non-hydrogen) atoms. The van der Waals surface area contributed by atoms with Crippen molar-refractivity contribution < 1.29 is 9.90 Å². The molecule has 2 fully saturated rings.